The molecule has 0 bridgehead atoms. The third-order valence-corrected chi connectivity index (χ3v) is 7.00. The van der Waals surface area contributed by atoms with Crippen molar-refractivity contribution in [2.45, 2.75) is 19.8 Å². The SMILES string of the molecule is C[C@H](CNC(=O)c1cc2sc3ccccc3c2s1)CN1CCCC1=O. The molecule has 0 radical (unpaired) electrons. The van der Waals surface area contributed by atoms with E-state index in [-0.39, 0.29) is 17.7 Å². The molecule has 1 aromatic carbocycles. The molecule has 1 atom stereocenters. The lowest BCUT2D eigenvalue weighted by Crippen LogP contribution is -2.35. The Kier molecular flexibility index (Phi) is 4.48. The Hall–Kier alpha value is -1.92. The molecule has 0 saturated carbocycles. The number of rotatable bonds is 5. The first-order valence-corrected chi connectivity index (χ1v) is 10.2. The average molecular weight is 373 g/mol. The van der Waals surface area contributed by atoms with E-state index < -0.39 is 0 Å². The summed E-state index contributed by atoms with van der Waals surface area (Å²) < 4.78 is 3.63. The number of likely N-dealkylation sites (tertiary alicyclic amines) is 1. The van der Waals surface area contributed by atoms with E-state index in [0.717, 1.165) is 24.4 Å². The number of hydrogen-bond donors (Lipinski definition) is 1. The van der Waals surface area contributed by atoms with Crippen molar-refractivity contribution in [3.8, 4) is 0 Å². The van der Waals surface area contributed by atoms with Gasteiger partial charge in [0, 0.05) is 40.8 Å². The zero-order valence-corrected chi connectivity index (χ0v) is 15.7. The summed E-state index contributed by atoms with van der Waals surface area (Å²) in [5.41, 5.74) is 0. The summed E-state index contributed by atoms with van der Waals surface area (Å²) in [5, 5.41) is 4.25. The minimum absolute atomic E-state index is 0.0166. The van der Waals surface area contributed by atoms with E-state index in [2.05, 4.69) is 24.4 Å². The number of carbonyl (C=O) groups is 2. The van der Waals surface area contributed by atoms with E-state index in [9.17, 15) is 9.59 Å². The molecule has 0 aliphatic carbocycles. The highest BCUT2D eigenvalue weighted by molar-refractivity contribution is 7.33. The van der Waals surface area contributed by atoms with E-state index in [1.54, 1.807) is 22.7 Å². The Morgan fingerprint density at radius 1 is 1.28 bits per heavy atom. The van der Waals surface area contributed by atoms with E-state index in [1.807, 2.05) is 23.1 Å². The normalized spacial score (nSPS) is 16.0. The molecule has 1 N–H and O–H groups in total. The van der Waals surface area contributed by atoms with Gasteiger partial charge >= 0.3 is 0 Å². The molecule has 1 aliphatic heterocycles. The maximum absolute atomic E-state index is 12.5. The lowest BCUT2D eigenvalue weighted by Gasteiger charge is -2.20. The molecule has 4 nitrogen and oxygen atoms in total. The van der Waals surface area contributed by atoms with Crippen molar-refractivity contribution in [2.75, 3.05) is 19.6 Å². The van der Waals surface area contributed by atoms with Crippen LogP contribution in [0.15, 0.2) is 30.3 Å². The van der Waals surface area contributed by atoms with Gasteiger partial charge in [0.25, 0.3) is 5.91 Å². The molecule has 25 heavy (non-hydrogen) atoms. The molecule has 1 fully saturated rings. The Morgan fingerprint density at radius 2 is 2.12 bits per heavy atom. The summed E-state index contributed by atoms with van der Waals surface area (Å²) in [6.45, 7) is 4.25. The number of nitrogens with one attached hydrogen (secondary N) is 1. The number of benzene rings is 1. The number of carbonyl (C=O) groups excluding carboxylic acids is 2. The van der Waals surface area contributed by atoms with Crippen molar-refractivity contribution in [1.82, 2.24) is 10.2 Å². The highest BCUT2D eigenvalue weighted by Crippen LogP contribution is 2.39. The molecule has 3 heterocycles. The van der Waals surface area contributed by atoms with Crippen LogP contribution in [0.5, 0.6) is 0 Å². The van der Waals surface area contributed by atoms with Crippen molar-refractivity contribution in [2.24, 2.45) is 5.92 Å². The molecule has 0 spiro atoms. The first-order valence-electron chi connectivity index (χ1n) is 8.59. The number of hydrogen-bond acceptors (Lipinski definition) is 4. The summed E-state index contributed by atoms with van der Waals surface area (Å²) in [6.07, 6.45) is 1.62. The van der Waals surface area contributed by atoms with Crippen LogP contribution in [-0.2, 0) is 4.79 Å². The molecule has 130 valence electrons. The van der Waals surface area contributed by atoms with Gasteiger partial charge in [0.15, 0.2) is 0 Å². The minimum atomic E-state index is -0.0166. The maximum atomic E-state index is 12.5. The van der Waals surface area contributed by atoms with Gasteiger partial charge in [0.05, 0.1) is 9.58 Å². The zero-order chi connectivity index (χ0) is 17.4. The van der Waals surface area contributed by atoms with Gasteiger partial charge in [-0.2, -0.15) is 0 Å². The predicted molar refractivity (Wildman–Crippen MR) is 105 cm³/mol. The van der Waals surface area contributed by atoms with Crippen LogP contribution in [-0.4, -0.2) is 36.3 Å². The van der Waals surface area contributed by atoms with Crippen LogP contribution in [0.1, 0.15) is 29.4 Å². The summed E-state index contributed by atoms with van der Waals surface area (Å²) in [4.78, 5) is 26.8. The number of amides is 2. The standard InChI is InChI=1S/C19H20N2O2S2/c1-12(11-21-8-4-7-17(21)22)10-20-19(23)16-9-15-18(25-16)13-5-2-3-6-14(13)24-15/h2-3,5-6,9,12H,4,7-8,10-11H2,1H3,(H,20,23)/t12-/m1/s1. The third-order valence-electron chi connectivity index (χ3n) is 4.59. The fourth-order valence-electron chi connectivity index (χ4n) is 3.30. The highest BCUT2D eigenvalue weighted by atomic mass is 32.1. The summed E-state index contributed by atoms with van der Waals surface area (Å²) >= 11 is 3.29. The molecule has 2 aromatic heterocycles. The Labute approximate surface area is 154 Å². The first kappa shape index (κ1) is 16.5. The Balaban J connectivity index is 1.40. The van der Waals surface area contributed by atoms with E-state index >= 15 is 0 Å². The van der Waals surface area contributed by atoms with Crippen LogP contribution in [0.2, 0.25) is 0 Å². The monoisotopic (exact) mass is 372 g/mol. The van der Waals surface area contributed by atoms with Crippen molar-refractivity contribution >= 4 is 54.0 Å². The van der Waals surface area contributed by atoms with Crippen LogP contribution in [0, 0.1) is 5.92 Å². The van der Waals surface area contributed by atoms with E-state index in [4.69, 9.17) is 0 Å². The molecule has 2 amide bonds. The first-order chi connectivity index (χ1) is 12.1. The summed E-state index contributed by atoms with van der Waals surface area (Å²) in [6, 6.07) is 10.3. The fourth-order valence-corrected chi connectivity index (χ4v) is 5.74. The van der Waals surface area contributed by atoms with Gasteiger partial charge in [-0.05, 0) is 24.5 Å². The van der Waals surface area contributed by atoms with Crippen molar-refractivity contribution in [1.29, 1.82) is 0 Å². The van der Waals surface area contributed by atoms with Crippen LogP contribution in [0.4, 0.5) is 0 Å². The molecular formula is C19H20N2O2S2. The number of thiophene rings is 2. The van der Waals surface area contributed by atoms with Gasteiger partial charge < -0.3 is 10.2 Å². The topological polar surface area (TPSA) is 49.4 Å². The molecular weight excluding hydrogens is 352 g/mol. The van der Waals surface area contributed by atoms with E-state index in [0.29, 0.717) is 13.0 Å². The van der Waals surface area contributed by atoms with Gasteiger partial charge in [-0.1, -0.05) is 25.1 Å². The van der Waals surface area contributed by atoms with Crippen molar-refractivity contribution in [3.05, 3.63) is 35.2 Å². The summed E-state index contributed by atoms with van der Waals surface area (Å²) in [5.74, 6) is 0.480. The summed E-state index contributed by atoms with van der Waals surface area (Å²) in [7, 11) is 0. The van der Waals surface area contributed by atoms with Gasteiger partial charge in [-0.25, -0.2) is 0 Å². The lowest BCUT2D eigenvalue weighted by molar-refractivity contribution is -0.128. The molecule has 0 unspecified atom stereocenters. The molecule has 1 aliphatic rings. The second kappa shape index (κ2) is 6.77. The van der Waals surface area contributed by atoms with Crippen LogP contribution in [0.25, 0.3) is 19.5 Å². The second-order valence-electron chi connectivity index (χ2n) is 6.66. The maximum Gasteiger partial charge on any atom is 0.261 e. The van der Waals surface area contributed by atoms with Gasteiger partial charge in [-0.15, -0.1) is 22.7 Å². The van der Waals surface area contributed by atoms with Crippen LogP contribution < -0.4 is 5.32 Å². The van der Waals surface area contributed by atoms with Crippen molar-refractivity contribution in [3.63, 3.8) is 0 Å². The largest absolute Gasteiger partial charge is 0.351 e. The molecule has 3 aromatic rings. The quantitative estimate of drug-likeness (QED) is 0.733. The minimum Gasteiger partial charge on any atom is -0.351 e. The van der Waals surface area contributed by atoms with Crippen LogP contribution in [0.3, 0.4) is 0 Å². The van der Waals surface area contributed by atoms with Gasteiger partial charge in [0.1, 0.15) is 0 Å². The fraction of sp³-hybridized carbons (Fsp3) is 0.368. The Bertz CT molecular complexity index is 943. The zero-order valence-electron chi connectivity index (χ0n) is 14.1. The molecule has 1 saturated heterocycles. The second-order valence-corrected chi connectivity index (χ2v) is 8.80. The predicted octanol–water partition coefficient (Wildman–Crippen LogP) is 4.10. The third kappa shape index (κ3) is 3.28. The van der Waals surface area contributed by atoms with Crippen molar-refractivity contribution < 1.29 is 9.59 Å². The smallest absolute Gasteiger partial charge is 0.261 e. The Morgan fingerprint density at radius 3 is 2.92 bits per heavy atom. The average Bonchev–Trinajstić information content (AvgIpc) is 3.27. The molecule has 4 rings (SSSR count). The van der Waals surface area contributed by atoms with E-state index in [1.165, 1.54) is 19.5 Å². The van der Waals surface area contributed by atoms with Gasteiger partial charge in [-0.3, -0.25) is 9.59 Å². The molecule has 6 heteroatoms. The number of fused-ring (bicyclic) bond motifs is 3. The van der Waals surface area contributed by atoms with Crippen LogP contribution >= 0.6 is 22.7 Å². The highest BCUT2D eigenvalue weighted by Gasteiger charge is 2.22. The lowest BCUT2D eigenvalue weighted by atomic mass is 10.1. The van der Waals surface area contributed by atoms with Gasteiger partial charge in [0.2, 0.25) is 5.91 Å². The number of nitrogens with zero attached hydrogens (tertiary/aromatic N) is 1.